The van der Waals surface area contributed by atoms with Crippen LogP contribution in [-0.4, -0.2) is 47.6 Å². The highest BCUT2D eigenvalue weighted by Crippen LogP contribution is 2.26. The molecule has 0 saturated heterocycles. The zero-order chi connectivity index (χ0) is 28.9. The molecule has 0 aliphatic rings. The van der Waals surface area contributed by atoms with Crippen LogP contribution in [0.1, 0.15) is 59.1 Å². The van der Waals surface area contributed by atoms with Crippen molar-refractivity contribution in [2.24, 2.45) is 5.92 Å². The van der Waals surface area contributed by atoms with E-state index in [-0.39, 0.29) is 48.5 Å². The van der Waals surface area contributed by atoms with Gasteiger partial charge in [-0.15, -0.1) is 0 Å². The Balaban J connectivity index is 1.55. The number of rotatable bonds is 16. The molecule has 3 amide bonds. The van der Waals surface area contributed by atoms with Gasteiger partial charge in [0.05, 0.1) is 24.7 Å². The van der Waals surface area contributed by atoms with Crippen molar-refractivity contribution in [3.8, 4) is 11.3 Å². The van der Waals surface area contributed by atoms with Crippen molar-refractivity contribution in [2.75, 3.05) is 18.9 Å². The number of aromatic carboxylic acids is 1. The average molecular weight is 551 g/mol. The Hall–Kier alpha value is -4.64. The highest BCUT2D eigenvalue weighted by molar-refractivity contribution is 5.95. The van der Waals surface area contributed by atoms with Crippen molar-refractivity contribution in [3.05, 3.63) is 77.6 Å². The zero-order valence-corrected chi connectivity index (χ0v) is 22.3. The van der Waals surface area contributed by atoms with Crippen LogP contribution in [0, 0.1) is 5.92 Å². The number of nitrogens with one attached hydrogen (secondary N) is 2. The molecule has 0 radical (unpaired) electrons. The first-order chi connectivity index (χ1) is 19.3. The summed E-state index contributed by atoms with van der Waals surface area (Å²) in [6.45, 7) is 2.16. The lowest BCUT2D eigenvalue weighted by atomic mass is 10.0. The number of carboxylic acids is 1. The fraction of sp³-hybridized carbons (Fsp3) is 0.310. The van der Waals surface area contributed by atoms with Gasteiger partial charge < -0.3 is 25.9 Å². The van der Waals surface area contributed by atoms with E-state index in [1.165, 1.54) is 24.3 Å². The number of hydrogen-bond acceptors (Lipinski definition) is 7. The number of carbonyl (C=O) groups excluding carboxylic acids is 3. The largest absolute Gasteiger partial charge is 0.478 e. The summed E-state index contributed by atoms with van der Waals surface area (Å²) >= 11 is 0. The van der Waals surface area contributed by atoms with Crippen LogP contribution in [-0.2, 0) is 21.0 Å². The van der Waals surface area contributed by atoms with Gasteiger partial charge in [0.25, 0.3) is 5.91 Å². The quantitative estimate of drug-likeness (QED) is 0.0687. The van der Waals surface area contributed by atoms with Gasteiger partial charge in [0.2, 0.25) is 12.3 Å². The van der Waals surface area contributed by atoms with Gasteiger partial charge in [-0.3, -0.25) is 19.2 Å². The van der Waals surface area contributed by atoms with E-state index in [1.807, 2.05) is 30.3 Å². The molecule has 1 unspecified atom stereocenters. The second-order valence-corrected chi connectivity index (χ2v) is 9.15. The number of nitrogen functional groups attached to an aromatic ring is 1. The molecule has 3 rings (SSSR count). The Kier molecular flexibility index (Phi) is 11.3. The van der Waals surface area contributed by atoms with Crippen LogP contribution in [0.4, 0.5) is 5.69 Å². The van der Waals surface area contributed by atoms with Crippen LogP contribution >= 0.6 is 0 Å². The molecule has 3 aromatic rings. The molecule has 212 valence electrons. The summed E-state index contributed by atoms with van der Waals surface area (Å²) in [6, 6.07) is 16.8. The second kappa shape index (κ2) is 15.1. The van der Waals surface area contributed by atoms with Crippen LogP contribution in [0.3, 0.4) is 0 Å². The van der Waals surface area contributed by atoms with Crippen molar-refractivity contribution < 1.29 is 33.5 Å². The van der Waals surface area contributed by atoms with Crippen molar-refractivity contribution in [3.63, 3.8) is 0 Å². The molecule has 1 aromatic heterocycles. The summed E-state index contributed by atoms with van der Waals surface area (Å²) in [7, 11) is 0. The molecule has 0 bridgehead atoms. The van der Waals surface area contributed by atoms with Gasteiger partial charge >= 0.3 is 5.97 Å². The Morgan fingerprint density at radius 3 is 2.55 bits per heavy atom. The Labute approximate surface area is 232 Å². The molecule has 0 aliphatic heterocycles. The first kappa shape index (κ1) is 29.9. The highest BCUT2D eigenvalue weighted by atomic mass is 16.7. The molecule has 5 N–H and O–H groups in total. The third-order valence-corrected chi connectivity index (χ3v) is 6.19. The summed E-state index contributed by atoms with van der Waals surface area (Å²) in [5.41, 5.74) is 7.07. The van der Waals surface area contributed by atoms with E-state index in [0.717, 1.165) is 29.9 Å². The highest BCUT2D eigenvalue weighted by Gasteiger charge is 2.22. The minimum absolute atomic E-state index is 0.0149. The van der Waals surface area contributed by atoms with E-state index in [4.69, 9.17) is 15.0 Å². The lowest BCUT2D eigenvalue weighted by Gasteiger charge is -2.23. The Morgan fingerprint density at radius 2 is 1.85 bits per heavy atom. The zero-order valence-electron chi connectivity index (χ0n) is 22.3. The number of amides is 3. The van der Waals surface area contributed by atoms with Crippen LogP contribution in [0.15, 0.2) is 65.1 Å². The number of carbonyl (C=O) groups is 4. The lowest BCUT2D eigenvalue weighted by Crippen LogP contribution is -2.43. The third kappa shape index (κ3) is 8.70. The molecule has 1 atom stereocenters. The van der Waals surface area contributed by atoms with Gasteiger partial charge in [-0.05, 0) is 42.3 Å². The molecule has 11 nitrogen and oxygen atoms in total. The SMILES string of the molecule is CCCCCC(CN(C=O)OCc1ccccc1)C(=O)NCNC(=O)c1ccc(-c2ccc(N)c(C(=O)O)c2)o1. The van der Waals surface area contributed by atoms with Crippen molar-refractivity contribution in [1.29, 1.82) is 0 Å². The summed E-state index contributed by atoms with van der Waals surface area (Å²) < 4.78 is 5.59. The third-order valence-electron chi connectivity index (χ3n) is 6.19. The molecule has 11 heteroatoms. The fourth-order valence-corrected chi connectivity index (χ4v) is 3.97. The summed E-state index contributed by atoms with van der Waals surface area (Å²) in [5.74, 6) is -2.32. The number of nitrogens with two attached hydrogens (primary N) is 1. The maximum Gasteiger partial charge on any atom is 0.337 e. The number of hydroxylamine groups is 2. The van der Waals surface area contributed by atoms with Gasteiger partial charge in [-0.1, -0.05) is 56.5 Å². The van der Waals surface area contributed by atoms with Gasteiger partial charge in [-0.2, -0.15) is 0 Å². The van der Waals surface area contributed by atoms with Gasteiger partial charge in [-0.25, -0.2) is 9.86 Å². The average Bonchev–Trinajstić information content (AvgIpc) is 3.45. The monoisotopic (exact) mass is 550 g/mol. The van der Waals surface area contributed by atoms with E-state index < -0.39 is 17.8 Å². The van der Waals surface area contributed by atoms with Crippen molar-refractivity contribution >= 4 is 29.9 Å². The first-order valence-corrected chi connectivity index (χ1v) is 13.0. The predicted octanol–water partition coefficient (Wildman–Crippen LogP) is 3.82. The van der Waals surface area contributed by atoms with Gasteiger partial charge in [0.15, 0.2) is 5.76 Å². The normalized spacial score (nSPS) is 11.4. The molecule has 0 fully saturated rings. The number of hydrogen-bond donors (Lipinski definition) is 4. The van der Waals surface area contributed by atoms with E-state index >= 15 is 0 Å². The molecule has 1 heterocycles. The fourth-order valence-electron chi connectivity index (χ4n) is 3.97. The van der Waals surface area contributed by atoms with E-state index in [9.17, 15) is 24.3 Å². The van der Waals surface area contributed by atoms with Crippen molar-refractivity contribution in [1.82, 2.24) is 15.7 Å². The van der Waals surface area contributed by atoms with Crippen LogP contribution in [0.5, 0.6) is 0 Å². The second-order valence-electron chi connectivity index (χ2n) is 9.15. The lowest BCUT2D eigenvalue weighted by molar-refractivity contribution is -0.182. The van der Waals surface area contributed by atoms with Gasteiger partial charge in [0.1, 0.15) is 12.4 Å². The number of anilines is 1. The van der Waals surface area contributed by atoms with E-state index in [2.05, 4.69) is 17.6 Å². The molecule has 0 saturated carbocycles. The molecule has 0 aliphatic carbocycles. The summed E-state index contributed by atoms with van der Waals surface area (Å²) in [5, 5.41) is 15.7. The number of carboxylic acid groups (broad SMARTS) is 1. The summed E-state index contributed by atoms with van der Waals surface area (Å²) in [4.78, 5) is 54.1. The number of furan rings is 1. The summed E-state index contributed by atoms with van der Waals surface area (Å²) in [6.07, 6.45) is 3.82. The number of benzene rings is 2. The van der Waals surface area contributed by atoms with E-state index in [1.54, 1.807) is 6.07 Å². The van der Waals surface area contributed by atoms with Crippen molar-refractivity contribution in [2.45, 2.75) is 39.2 Å². The van der Waals surface area contributed by atoms with Crippen LogP contribution < -0.4 is 16.4 Å². The minimum Gasteiger partial charge on any atom is -0.478 e. The molecule has 2 aromatic carbocycles. The molecule has 0 spiro atoms. The Morgan fingerprint density at radius 1 is 1.07 bits per heavy atom. The number of nitrogens with zero attached hydrogens (tertiary/aromatic N) is 1. The predicted molar refractivity (Wildman–Crippen MR) is 148 cm³/mol. The van der Waals surface area contributed by atoms with Crippen LogP contribution in [0.25, 0.3) is 11.3 Å². The van der Waals surface area contributed by atoms with Gasteiger partial charge in [0, 0.05) is 11.3 Å². The Bertz CT molecular complexity index is 1290. The minimum atomic E-state index is -1.17. The maximum atomic E-state index is 12.9. The molecule has 40 heavy (non-hydrogen) atoms. The molecular formula is C29H34N4O7. The van der Waals surface area contributed by atoms with Crippen LogP contribution in [0.2, 0.25) is 0 Å². The number of unbranched alkanes of at least 4 members (excludes halogenated alkanes) is 2. The first-order valence-electron chi connectivity index (χ1n) is 13.0. The maximum absolute atomic E-state index is 12.9. The standard InChI is InChI=1S/C29H34N4O7/c1-2-3-5-10-22(16-33(19-34)39-17-20-8-6-4-7-9-20)27(35)31-18-32-28(36)26-14-13-25(40-26)21-11-12-24(30)23(15-21)29(37)38/h4,6-9,11-15,19,22H,2-3,5,10,16-18,30H2,1H3,(H,31,35)(H,32,36)(H,37,38). The molecular weight excluding hydrogens is 516 g/mol. The topological polar surface area (TPSA) is 164 Å². The van der Waals surface area contributed by atoms with E-state index in [0.29, 0.717) is 18.4 Å². The smallest absolute Gasteiger partial charge is 0.337 e.